The molecule has 1 aliphatic heterocycles. The van der Waals surface area contributed by atoms with Gasteiger partial charge in [-0.25, -0.2) is 0 Å². The molecule has 8 nitrogen and oxygen atoms in total. The molecule has 0 spiro atoms. The van der Waals surface area contributed by atoms with Gasteiger partial charge in [-0.15, -0.1) is 11.6 Å². The first-order valence-corrected chi connectivity index (χ1v) is 10.2. The molecule has 1 saturated heterocycles. The van der Waals surface area contributed by atoms with Gasteiger partial charge in [-0.3, -0.25) is 4.79 Å². The van der Waals surface area contributed by atoms with E-state index in [0.717, 1.165) is 19.4 Å². The number of ether oxygens (including phenoxy) is 4. The third-order valence-corrected chi connectivity index (χ3v) is 5.15. The molecule has 0 radical (unpaired) electrons. The Hall–Kier alpha value is -2.45. The maximum atomic E-state index is 12.6. The number of alkyl halides is 1. The molecule has 0 aliphatic carbocycles. The summed E-state index contributed by atoms with van der Waals surface area (Å²) in [6.45, 7) is 3.14. The van der Waals surface area contributed by atoms with Gasteiger partial charge in [-0.05, 0) is 31.9 Å². The van der Waals surface area contributed by atoms with E-state index in [4.69, 9.17) is 35.1 Å². The number of benzene rings is 1. The van der Waals surface area contributed by atoms with Gasteiger partial charge < -0.3 is 28.4 Å². The molecule has 1 fully saturated rings. The van der Waals surface area contributed by atoms with Crippen molar-refractivity contribution in [3.63, 3.8) is 0 Å². The minimum atomic E-state index is -0.632. The molecule has 0 N–H and O–H groups in total. The number of amides is 1. The predicted molar refractivity (Wildman–Crippen MR) is 111 cm³/mol. The van der Waals surface area contributed by atoms with Crippen LogP contribution in [0.3, 0.4) is 0 Å². The van der Waals surface area contributed by atoms with Crippen LogP contribution >= 0.6 is 11.6 Å². The van der Waals surface area contributed by atoms with Crippen molar-refractivity contribution in [2.45, 2.75) is 37.8 Å². The lowest BCUT2D eigenvalue weighted by Gasteiger charge is -2.25. The van der Waals surface area contributed by atoms with Gasteiger partial charge in [0.25, 0.3) is 0 Å². The quantitative estimate of drug-likeness (QED) is 0.554. The fourth-order valence-corrected chi connectivity index (χ4v) is 3.60. The first-order chi connectivity index (χ1) is 14.5. The first kappa shape index (κ1) is 22.2. The normalized spacial score (nSPS) is 16.9. The molecule has 0 unspecified atom stereocenters. The summed E-state index contributed by atoms with van der Waals surface area (Å²) in [4.78, 5) is 14.3. The lowest BCUT2D eigenvalue weighted by atomic mass is 10.1. The summed E-state index contributed by atoms with van der Waals surface area (Å²) in [5.41, 5.74) is 1.33. The molecule has 164 valence electrons. The molecule has 1 aromatic carbocycles. The average molecular weight is 439 g/mol. The number of halogens is 1. The van der Waals surface area contributed by atoms with E-state index in [0.29, 0.717) is 40.8 Å². The summed E-state index contributed by atoms with van der Waals surface area (Å²) < 4.78 is 27.4. The van der Waals surface area contributed by atoms with Crippen LogP contribution in [0.4, 0.5) is 0 Å². The van der Waals surface area contributed by atoms with Gasteiger partial charge in [0.1, 0.15) is 11.1 Å². The second-order valence-corrected chi connectivity index (χ2v) is 7.72. The van der Waals surface area contributed by atoms with Crippen LogP contribution in [0.1, 0.15) is 25.5 Å². The summed E-state index contributed by atoms with van der Waals surface area (Å²) in [7, 11) is 4.65. The zero-order valence-electron chi connectivity index (χ0n) is 17.6. The molecular weight excluding hydrogens is 412 g/mol. The monoisotopic (exact) mass is 438 g/mol. The molecule has 2 atom stereocenters. The van der Waals surface area contributed by atoms with Crippen molar-refractivity contribution in [3.05, 3.63) is 23.9 Å². The zero-order valence-corrected chi connectivity index (χ0v) is 18.4. The SMILES string of the molecule is COc1cc(-c2cc(CN(C[C@H]3CCCO3)C(=O)[C@@H](C)Cl)no2)cc(OC)c1OC. The van der Waals surface area contributed by atoms with Gasteiger partial charge in [-0.1, -0.05) is 5.16 Å². The van der Waals surface area contributed by atoms with Crippen LogP contribution in [0.5, 0.6) is 17.2 Å². The molecule has 0 bridgehead atoms. The molecule has 30 heavy (non-hydrogen) atoms. The first-order valence-electron chi connectivity index (χ1n) is 9.77. The summed E-state index contributed by atoms with van der Waals surface area (Å²) >= 11 is 6.06. The average Bonchev–Trinajstić information content (AvgIpc) is 3.43. The third-order valence-electron chi connectivity index (χ3n) is 4.96. The number of methoxy groups -OCH3 is 3. The van der Waals surface area contributed by atoms with Gasteiger partial charge in [0.05, 0.1) is 34.0 Å². The fraction of sp³-hybridized carbons (Fsp3) is 0.524. The molecule has 3 rings (SSSR count). The number of rotatable bonds is 9. The van der Waals surface area contributed by atoms with Crippen molar-refractivity contribution in [1.29, 1.82) is 0 Å². The number of hydrogen-bond donors (Lipinski definition) is 0. The Balaban J connectivity index is 1.82. The Labute approximate surface area is 181 Å². The fourth-order valence-electron chi connectivity index (χ4n) is 3.46. The summed E-state index contributed by atoms with van der Waals surface area (Å²) in [6.07, 6.45) is 1.94. The summed E-state index contributed by atoms with van der Waals surface area (Å²) in [5, 5.41) is 3.50. The molecule has 1 aromatic heterocycles. The van der Waals surface area contributed by atoms with Crippen LogP contribution in [-0.2, 0) is 16.1 Å². The van der Waals surface area contributed by atoms with E-state index in [1.54, 1.807) is 51.4 Å². The molecule has 1 amide bonds. The molecule has 0 saturated carbocycles. The van der Waals surface area contributed by atoms with Crippen LogP contribution in [0, 0.1) is 0 Å². The molecular formula is C21H27ClN2O6. The maximum absolute atomic E-state index is 12.6. The van der Waals surface area contributed by atoms with Gasteiger partial charge >= 0.3 is 0 Å². The standard InChI is InChI=1S/C21H27ClN2O6/c1-13(22)21(25)24(12-16-6-5-7-29-16)11-15-10-17(30-23-15)14-8-18(26-2)20(28-4)19(9-14)27-3/h8-10,13,16H,5-7,11-12H2,1-4H3/t13-,16-/m1/s1. The Morgan fingerprint density at radius 2 is 1.93 bits per heavy atom. The van der Waals surface area contributed by atoms with Crippen molar-refractivity contribution in [2.24, 2.45) is 0 Å². The minimum absolute atomic E-state index is 0.0193. The highest BCUT2D eigenvalue weighted by Gasteiger charge is 2.26. The number of carbonyl (C=O) groups excluding carboxylic acids is 1. The van der Waals surface area contributed by atoms with Gasteiger partial charge in [0.2, 0.25) is 11.7 Å². The van der Waals surface area contributed by atoms with E-state index in [1.807, 2.05) is 0 Å². The molecule has 1 aliphatic rings. The van der Waals surface area contributed by atoms with Gasteiger partial charge in [-0.2, -0.15) is 0 Å². The smallest absolute Gasteiger partial charge is 0.240 e. The minimum Gasteiger partial charge on any atom is -0.493 e. The topological polar surface area (TPSA) is 83.3 Å². The Kier molecular flexibility index (Phi) is 7.44. The lowest BCUT2D eigenvalue weighted by molar-refractivity contribution is -0.132. The predicted octanol–water partition coefficient (Wildman–Crippen LogP) is 3.50. The second kappa shape index (κ2) is 10.0. The largest absolute Gasteiger partial charge is 0.493 e. The van der Waals surface area contributed by atoms with Crippen LogP contribution in [0.2, 0.25) is 0 Å². The van der Waals surface area contributed by atoms with Crippen molar-refractivity contribution in [1.82, 2.24) is 10.1 Å². The van der Waals surface area contributed by atoms with Crippen molar-refractivity contribution in [2.75, 3.05) is 34.5 Å². The van der Waals surface area contributed by atoms with Crippen LogP contribution in [0.25, 0.3) is 11.3 Å². The lowest BCUT2D eigenvalue weighted by Crippen LogP contribution is -2.40. The van der Waals surface area contributed by atoms with E-state index in [9.17, 15) is 4.79 Å². The Morgan fingerprint density at radius 1 is 1.23 bits per heavy atom. The number of aromatic nitrogens is 1. The van der Waals surface area contributed by atoms with Gasteiger partial charge in [0, 0.05) is 24.8 Å². The van der Waals surface area contributed by atoms with Crippen LogP contribution in [0.15, 0.2) is 22.7 Å². The third kappa shape index (κ3) is 4.99. The van der Waals surface area contributed by atoms with E-state index in [-0.39, 0.29) is 18.6 Å². The number of carbonyl (C=O) groups is 1. The van der Waals surface area contributed by atoms with E-state index in [1.165, 1.54) is 0 Å². The maximum Gasteiger partial charge on any atom is 0.240 e. The zero-order chi connectivity index (χ0) is 21.7. The highest BCUT2D eigenvalue weighted by Crippen LogP contribution is 2.41. The molecule has 2 aromatic rings. The highest BCUT2D eigenvalue weighted by molar-refractivity contribution is 6.30. The van der Waals surface area contributed by atoms with E-state index >= 15 is 0 Å². The second-order valence-electron chi connectivity index (χ2n) is 7.07. The van der Waals surface area contributed by atoms with E-state index < -0.39 is 5.38 Å². The summed E-state index contributed by atoms with van der Waals surface area (Å²) in [5.74, 6) is 1.87. The highest BCUT2D eigenvalue weighted by atomic mass is 35.5. The number of nitrogens with zero attached hydrogens (tertiary/aromatic N) is 2. The number of hydrogen-bond acceptors (Lipinski definition) is 7. The molecule has 9 heteroatoms. The van der Waals surface area contributed by atoms with Crippen LogP contribution in [-0.4, -0.2) is 61.9 Å². The van der Waals surface area contributed by atoms with E-state index in [2.05, 4.69) is 5.16 Å². The molecule has 2 heterocycles. The summed E-state index contributed by atoms with van der Waals surface area (Å²) in [6, 6.07) is 5.35. The van der Waals surface area contributed by atoms with Crippen molar-refractivity contribution in [3.8, 4) is 28.6 Å². The van der Waals surface area contributed by atoms with Crippen molar-refractivity contribution >= 4 is 17.5 Å². The Bertz CT molecular complexity index is 838. The Morgan fingerprint density at radius 3 is 2.47 bits per heavy atom. The van der Waals surface area contributed by atoms with Crippen LogP contribution < -0.4 is 14.2 Å². The van der Waals surface area contributed by atoms with Gasteiger partial charge in [0.15, 0.2) is 17.3 Å². The van der Waals surface area contributed by atoms with Crippen molar-refractivity contribution < 1.29 is 28.3 Å².